The van der Waals surface area contributed by atoms with Crippen molar-refractivity contribution >= 4 is 0 Å². The maximum atomic E-state index is 8.92. The maximum absolute atomic E-state index is 8.92. The molecule has 0 radical (unpaired) electrons. The molecule has 132 valence electrons. The molecule has 1 fully saturated rings. The molecule has 0 N–H and O–H groups in total. The first-order chi connectivity index (χ1) is 12.1. The number of ether oxygens (including phenoxy) is 1. The Hall–Kier alpha value is -2.43. The number of benzene rings is 1. The number of hydrogen-bond donors (Lipinski definition) is 0. The topological polar surface area (TPSA) is 78.4 Å². The zero-order chi connectivity index (χ0) is 17.6. The number of nitriles is 1. The van der Waals surface area contributed by atoms with E-state index >= 15 is 0 Å². The van der Waals surface area contributed by atoms with Crippen LogP contribution in [0.15, 0.2) is 28.8 Å². The molecule has 7 nitrogen and oxygen atoms in total. The van der Waals surface area contributed by atoms with E-state index < -0.39 is 0 Å². The van der Waals surface area contributed by atoms with E-state index in [1.54, 1.807) is 19.1 Å². The Labute approximate surface area is 147 Å². The Morgan fingerprint density at radius 1 is 1.48 bits per heavy atom. The minimum absolute atomic E-state index is 0.487. The molecule has 1 saturated heterocycles. The molecule has 2 aromatic rings. The lowest BCUT2D eigenvalue weighted by Crippen LogP contribution is -2.35. The van der Waals surface area contributed by atoms with Crippen LogP contribution >= 0.6 is 0 Å². The number of aryl methyl sites for hydroxylation is 1. The number of hydrogen-bond acceptors (Lipinski definition) is 7. The van der Waals surface area contributed by atoms with Gasteiger partial charge in [0.1, 0.15) is 12.4 Å². The molecule has 0 unspecified atom stereocenters. The average Bonchev–Trinajstić information content (AvgIpc) is 3.24. The fraction of sp³-hybridized carbons (Fsp3) is 0.500. The second-order valence-electron chi connectivity index (χ2n) is 6.38. The third-order valence-corrected chi connectivity index (χ3v) is 4.47. The molecular weight excluding hydrogens is 318 g/mol. The van der Waals surface area contributed by atoms with Gasteiger partial charge in [0, 0.05) is 26.1 Å². The van der Waals surface area contributed by atoms with Crippen LogP contribution < -0.4 is 4.74 Å². The Balaban J connectivity index is 1.41. The zero-order valence-electron chi connectivity index (χ0n) is 14.7. The van der Waals surface area contributed by atoms with E-state index in [1.807, 2.05) is 12.1 Å². The fourth-order valence-corrected chi connectivity index (χ4v) is 3.08. The summed E-state index contributed by atoms with van der Waals surface area (Å²) in [6.07, 6.45) is 1.12. The first-order valence-electron chi connectivity index (χ1n) is 8.49. The second-order valence-corrected chi connectivity index (χ2v) is 6.38. The number of likely N-dealkylation sites (tertiary alicyclic amines) is 1. The van der Waals surface area contributed by atoms with Gasteiger partial charge in [0.2, 0.25) is 5.89 Å². The summed E-state index contributed by atoms with van der Waals surface area (Å²) in [4.78, 5) is 8.94. The van der Waals surface area contributed by atoms with Gasteiger partial charge in [-0.2, -0.15) is 10.2 Å². The summed E-state index contributed by atoms with van der Waals surface area (Å²) >= 11 is 0. The van der Waals surface area contributed by atoms with Crippen molar-refractivity contribution in [2.24, 2.45) is 0 Å². The zero-order valence-corrected chi connectivity index (χ0v) is 14.7. The molecule has 1 aromatic heterocycles. The van der Waals surface area contributed by atoms with E-state index in [-0.39, 0.29) is 0 Å². The number of likely N-dealkylation sites (N-methyl/N-ethyl adjacent to an activating group) is 1. The third-order valence-electron chi connectivity index (χ3n) is 4.47. The summed E-state index contributed by atoms with van der Waals surface area (Å²) < 4.78 is 10.8. The highest BCUT2D eigenvalue weighted by molar-refractivity contribution is 5.36. The second kappa shape index (κ2) is 8.10. The predicted octanol–water partition coefficient (Wildman–Crippen LogP) is 1.83. The smallest absolute Gasteiger partial charge is 0.223 e. The summed E-state index contributed by atoms with van der Waals surface area (Å²) in [7, 11) is 2.10. The van der Waals surface area contributed by atoms with Gasteiger partial charge in [-0.05, 0) is 38.2 Å². The first kappa shape index (κ1) is 17.4. The molecule has 0 bridgehead atoms. The standard InChI is InChI=1S/C18H23N5O2/c1-14-20-18(21-25-14)13-22(2)16-6-7-23(12-16)8-9-24-17-5-3-4-15(10-17)11-19/h3-5,10,16H,6-9,12-13H2,1-2H3/t16-/m0/s1. The van der Waals surface area contributed by atoms with E-state index in [1.165, 1.54) is 0 Å². The number of rotatable bonds is 7. The number of nitrogens with zero attached hydrogens (tertiary/aromatic N) is 5. The highest BCUT2D eigenvalue weighted by Gasteiger charge is 2.26. The monoisotopic (exact) mass is 341 g/mol. The molecule has 7 heteroatoms. The molecule has 1 atom stereocenters. The predicted molar refractivity (Wildman–Crippen MR) is 92.0 cm³/mol. The van der Waals surface area contributed by atoms with E-state index in [4.69, 9.17) is 14.5 Å². The van der Waals surface area contributed by atoms with E-state index in [9.17, 15) is 0 Å². The SMILES string of the molecule is Cc1nc(CN(C)[C@H]2CCN(CCOc3cccc(C#N)c3)C2)no1. The summed E-state index contributed by atoms with van der Waals surface area (Å²) in [6.45, 7) is 6.07. The molecule has 1 aliphatic heterocycles. The van der Waals surface area contributed by atoms with Crippen molar-refractivity contribution in [1.29, 1.82) is 5.26 Å². The third kappa shape index (κ3) is 4.78. The van der Waals surface area contributed by atoms with Crippen LogP contribution in [0, 0.1) is 18.3 Å². The van der Waals surface area contributed by atoms with Gasteiger partial charge in [0.15, 0.2) is 5.82 Å². The van der Waals surface area contributed by atoms with Gasteiger partial charge >= 0.3 is 0 Å². The summed E-state index contributed by atoms with van der Waals surface area (Å²) in [5.41, 5.74) is 0.622. The molecule has 0 aliphatic carbocycles. The van der Waals surface area contributed by atoms with E-state index in [0.717, 1.165) is 37.6 Å². The van der Waals surface area contributed by atoms with Crippen LogP contribution in [0.3, 0.4) is 0 Å². The van der Waals surface area contributed by atoms with Gasteiger partial charge in [0.25, 0.3) is 0 Å². The summed E-state index contributed by atoms with van der Waals surface area (Å²) in [5.74, 6) is 2.09. The van der Waals surface area contributed by atoms with Crippen molar-refractivity contribution in [3.63, 3.8) is 0 Å². The molecular formula is C18H23N5O2. The van der Waals surface area contributed by atoms with Crippen LogP contribution in [0.1, 0.15) is 23.7 Å². The van der Waals surface area contributed by atoms with Crippen LogP contribution in [-0.2, 0) is 6.54 Å². The van der Waals surface area contributed by atoms with Crippen molar-refractivity contribution < 1.29 is 9.26 Å². The van der Waals surface area contributed by atoms with Crippen molar-refractivity contribution in [2.75, 3.05) is 33.3 Å². The molecule has 0 spiro atoms. The Kier molecular flexibility index (Phi) is 5.64. The highest BCUT2D eigenvalue weighted by atomic mass is 16.5. The highest BCUT2D eigenvalue weighted by Crippen LogP contribution is 2.17. The molecule has 1 aromatic carbocycles. The first-order valence-corrected chi connectivity index (χ1v) is 8.49. The van der Waals surface area contributed by atoms with Gasteiger partial charge in [-0.3, -0.25) is 9.80 Å². The summed E-state index contributed by atoms with van der Waals surface area (Å²) in [5, 5.41) is 12.9. The van der Waals surface area contributed by atoms with Crippen molar-refractivity contribution in [3.8, 4) is 11.8 Å². The lowest BCUT2D eigenvalue weighted by atomic mass is 10.2. The minimum atomic E-state index is 0.487. The Bertz CT molecular complexity index is 739. The van der Waals surface area contributed by atoms with Gasteiger partial charge in [-0.15, -0.1) is 0 Å². The van der Waals surface area contributed by atoms with Crippen LogP contribution in [0.4, 0.5) is 0 Å². The molecule has 0 saturated carbocycles. The number of aromatic nitrogens is 2. The Morgan fingerprint density at radius 3 is 3.12 bits per heavy atom. The van der Waals surface area contributed by atoms with Crippen LogP contribution in [0.2, 0.25) is 0 Å². The summed E-state index contributed by atoms with van der Waals surface area (Å²) in [6, 6.07) is 9.89. The van der Waals surface area contributed by atoms with E-state index in [2.05, 4.69) is 33.1 Å². The van der Waals surface area contributed by atoms with Crippen LogP contribution in [-0.4, -0.2) is 59.3 Å². The average molecular weight is 341 g/mol. The molecule has 3 rings (SSSR count). The van der Waals surface area contributed by atoms with Gasteiger partial charge in [0.05, 0.1) is 18.2 Å². The van der Waals surface area contributed by atoms with Crippen LogP contribution in [0.5, 0.6) is 5.75 Å². The van der Waals surface area contributed by atoms with E-state index in [0.29, 0.717) is 30.6 Å². The molecule has 2 heterocycles. The molecule has 25 heavy (non-hydrogen) atoms. The normalized spacial score (nSPS) is 17.8. The lowest BCUT2D eigenvalue weighted by Gasteiger charge is -2.23. The maximum Gasteiger partial charge on any atom is 0.223 e. The largest absolute Gasteiger partial charge is 0.492 e. The van der Waals surface area contributed by atoms with Crippen molar-refractivity contribution in [1.82, 2.24) is 19.9 Å². The lowest BCUT2D eigenvalue weighted by molar-refractivity contribution is 0.200. The van der Waals surface area contributed by atoms with Gasteiger partial charge in [-0.1, -0.05) is 11.2 Å². The Morgan fingerprint density at radius 2 is 2.36 bits per heavy atom. The molecule has 1 aliphatic rings. The van der Waals surface area contributed by atoms with Crippen molar-refractivity contribution in [2.45, 2.75) is 25.9 Å². The van der Waals surface area contributed by atoms with Gasteiger partial charge < -0.3 is 9.26 Å². The molecule has 0 amide bonds. The van der Waals surface area contributed by atoms with Crippen molar-refractivity contribution in [3.05, 3.63) is 41.5 Å². The fourth-order valence-electron chi connectivity index (χ4n) is 3.08. The quantitative estimate of drug-likeness (QED) is 0.760. The minimum Gasteiger partial charge on any atom is -0.492 e. The van der Waals surface area contributed by atoms with Crippen LogP contribution in [0.25, 0.3) is 0 Å². The van der Waals surface area contributed by atoms with Gasteiger partial charge in [-0.25, -0.2) is 0 Å².